The maximum Gasteiger partial charge on any atom is 0.406 e. The van der Waals surface area contributed by atoms with Gasteiger partial charge in [-0.05, 0) is 6.07 Å². The van der Waals surface area contributed by atoms with Gasteiger partial charge in [0, 0.05) is 33.4 Å². The molecule has 8 heteroatoms. The molecule has 1 aromatic heterocycles. The second kappa shape index (κ2) is 8.75. The fraction of sp³-hybridized carbons (Fsp3) is 0.462. The molecule has 1 aliphatic rings. The number of ether oxygens (including phenoxy) is 1. The van der Waals surface area contributed by atoms with Crippen LogP contribution >= 0.6 is 0 Å². The summed E-state index contributed by atoms with van der Waals surface area (Å²) in [5.74, 6) is 0.0991. The average Bonchev–Trinajstić information content (AvgIpc) is 2.48. The Kier molecular flexibility index (Phi) is 6.96. The third-order valence-corrected chi connectivity index (χ3v) is 2.57. The third kappa shape index (κ3) is 6.57. The van der Waals surface area contributed by atoms with Crippen LogP contribution in [-0.2, 0) is 4.74 Å². The molecule has 0 bridgehead atoms. The lowest BCUT2D eigenvalue weighted by atomic mass is 10.4. The number of aromatic nitrogens is 1. The predicted octanol–water partition coefficient (Wildman–Crippen LogP) is 1.01. The van der Waals surface area contributed by atoms with E-state index in [9.17, 15) is 9.90 Å². The molecule has 2 heterocycles. The molecule has 1 fully saturated rings. The van der Waals surface area contributed by atoms with Gasteiger partial charge in [0.2, 0.25) is 0 Å². The summed E-state index contributed by atoms with van der Waals surface area (Å²) in [6, 6.07) is 1.67. The Morgan fingerprint density at radius 3 is 2.62 bits per heavy atom. The largest absolute Gasteiger partial charge is 0.504 e. The van der Waals surface area contributed by atoms with Crippen LogP contribution in [0.15, 0.2) is 23.5 Å². The Hall–Kier alpha value is -2.35. The molecule has 2 N–H and O–H groups in total. The first-order valence-corrected chi connectivity index (χ1v) is 6.40. The number of aromatic hydroxyl groups is 1. The number of rotatable bonds is 2. The fourth-order valence-electron chi connectivity index (χ4n) is 1.32. The van der Waals surface area contributed by atoms with E-state index in [1.54, 1.807) is 18.6 Å². The lowest BCUT2D eigenvalue weighted by molar-refractivity contribution is 0.0701. The van der Waals surface area contributed by atoms with E-state index in [0.717, 1.165) is 31.2 Å². The number of amides is 1. The summed E-state index contributed by atoms with van der Waals surface area (Å²) in [5, 5.41) is 17.3. The molecule has 0 saturated carbocycles. The van der Waals surface area contributed by atoms with Gasteiger partial charge in [-0.15, -0.1) is 0 Å². The van der Waals surface area contributed by atoms with Gasteiger partial charge in [-0.1, -0.05) is 0 Å². The van der Waals surface area contributed by atoms with Crippen LogP contribution in [0.3, 0.4) is 0 Å². The van der Waals surface area contributed by atoms with Crippen molar-refractivity contribution in [2.75, 3.05) is 40.4 Å². The van der Waals surface area contributed by atoms with Crippen molar-refractivity contribution < 1.29 is 19.7 Å². The summed E-state index contributed by atoms with van der Waals surface area (Å²) < 4.78 is 5.21. The minimum Gasteiger partial charge on any atom is -0.504 e. The van der Waals surface area contributed by atoms with Gasteiger partial charge in [0.15, 0.2) is 5.75 Å². The highest BCUT2D eigenvalue weighted by molar-refractivity contribution is 5.64. The SMILES string of the molecule is CN(C)C(=O)O.Oc1cnccc1N=CN1CCOCC1. The van der Waals surface area contributed by atoms with Crippen molar-refractivity contribution in [1.82, 2.24) is 14.8 Å². The van der Waals surface area contributed by atoms with Crippen LogP contribution in [0, 0.1) is 0 Å². The van der Waals surface area contributed by atoms with Gasteiger partial charge in [-0.25, -0.2) is 9.79 Å². The van der Waals surface area contributed by atoms with Gasteiger partial charge in [0.1, 0.15) is 5.69 Å². The Balaban J connectivity index is 0.000000315. The number of hydrogen-bond donors (Lipinski definition) is 2. The molecular formula is C13H20N4O4. The second-order valence-corrected chi connectivity index (χ2v) is 4.43. The first-order chi connectivity index (χ1) is 10.0. The number of aliphatic imine (C=N–C) groups is 1. The van der Waals surface area contributed by atoms with Crippen molar-refractivity contribution in [1.29, 1.82) is 0 Å². The standard InChI is InChI=1S/C10H13N3O2.C3H7NO2/c14-10-7-11-2-1-9(10)12-8-13-3-5-15-6-4-13;1-4(2)3(5)6/h1-2,7-8,14H,3-6H2;1-2H3,(H,5,6). The predicted molar refractivity (Wildman–Crippen MR) is 78.2 cm³/mol. The Bertz CT molecular complexity index is 473. The van der Waals surface area contributed by atoms with Crippen molar-refractivity contribution in [3.63, 3.8) is 0 Å². The van der Waals surface area contributed by atoms with Crippen LogP contribution in [0.2, 0.25) is 0 Å². The van der Waals surface area contributed by atoms with E-state index < -0.39 is 6.09 Å². The number of nitrogens with zero attached hydrogens (tertiary/aromatic N) is 4. The lowest BCUT2D eigenvalue weighted by Gasteiger charge is -2.24. The molecule has 0 atom stereocenters. The summed E-state index contributed by atoms with van der Waals surface area (Å²) in [6.07, 6.45) is 3.81. The summed E-state index contributed by atoms with van der Waals surface area (Å²) in [5.41, 5.74) is 0.538. The molecule has 0 aromatic carbocycles. The van der Waals surface area contributed by atoms with E-state index in [1.807, 2.05) is 0 Å². The minimum absolute atomic E-state index is 0.0991. The van der Waals surface area contributed by atoms with Gasteiger partial charge < -0.3 is 24.7 Å². The number of carboxylic acid groups (broad SMARTS) is 1. The van der Waals surface area contributed by atoms with Crippen LogP contribution < -0.4 is 0 Å². The average molecular weight is 296 g/mol. The van der Waals surface area contributed by atoms with Gasteiger partial charge >= 0.3 is 6.09 Å². The van der Waals surface area contributed by atoms with E-state index in [0.29, 0.717) is 5.69 Å². The lowest BCUT2D eigenvalue weighted by Crippen LogP contribution is -2.34. The molecule has 1 aliphatic heterocycles. The van der Waals surface area contributed by atoms with Crippen molar-refractivity contribution in [2.24, 2.45) is 4.99 Å². The maximum atomic E-state index is 9.62. The van der Waals surface area contributed by atoms with E-state index in [1.165, 1.54) is 20.3 Å². The molecule has 0 radical (unpaired) electrons. The fourth-order valence-corrected chi connectivity index (χ4v) is 1.32. The number of carbonyl (C=O) groups is 1. The highest BCUT2D eigenvalue weighted by Crippen LogP contribution is 2.23. The molecule has 0 aliphatic carbocycles. The van der Waals surface area contributed by atoms with Gasteiger partial charge in [0.25, 0.3) is 0 Å². The summed E-state index contributed by atoms with van der Waals surface area (Å²) in [4.78, 5) is 20.7. The molecular weight excluding hydrogens is 276 g/mol. The van der Waals surface area contributed by atoms with E-state index >= 15 is 0 Å². The molecule has 21 heavy (non-hydrogen) atoms. The molecule has 0 spiro atoms. The van der Waals surface area contributed by atoms with Gasteiger partial charge in [-0.2, -0.15) is 0 Å². The highest BCUT2D eigenvalue weighted by atomic mass is 16.5. The Morgan fingerprint density at radius 2 is 2.10 bits per heavy atom. The minimum atomic E-state index is -0.907. The van der Waals surface area contributed by atoms with Crippen molar-refractivity contribution in [2.45, 2.75) is 0 Å². The van der Waals surface area contributed by atoms with Crippen molar-refractivity contribution in [3.05, 3.63) is 18.5 Å². The van der Waals surface area contributed by atoms with Crippen LogP contribution in [0.4, 0.5) is 10.5 Å². The van der Waals surface area contributed by atoms with Crippen LogP contribution in [-0.4, -0.2) is 77.8 Å². The van der Waals surface area contributed by atoms with Crippen molar-refractivity contribution in [3.8, 4) is 5.75 Å². The second-order valence-electron chi connectivity index (χ2n) is 4.43. The number of pyridine rings is 1. The maximum absolute atomic E-state index is 9.62. The molecule has 1 amide bonds. The van der Waals surface area contributed by atoms with Gasteiger partial charge in [-0.3, -0.25) is 4.98 Å². The zero-order valence-corrected chi connectivity index (χ0v) is 12.1. The monoisotopic (exact) mass is 296 g/mol. The van der Waals surface area contributed by atoms with Crippen LogP contribution in [0.25, 0.3) is 0 Å². The quantitative estimate of drug-likeness (QED) is 0.624. The Labute approximate surface area is 123 Å². The molecule has 1 aromatic rings. The summed E-state index contributed by atoms with van der Waals surface area (Å²) in [7, 11) is 2.95. The summed E-state index contributed by atoms with van der Waals surface area (Å²) in [6.45, 7) is 3.15. The first-order valence-electron chi connectivity index (χ1n) is 6.40. The molecule has 8 nitrogen and oxygen atoms in total. The Morgan fingerprint density at radius 1 is 1.48 bits per heavy atom. The van der Waals surface area contributed by atoms with E-state index in [4.69, 9.17) is 9.84 Å². The molecule has 2 rings (SSSR count). The number of morpholine rings is 1. The van der Waals surface area contributed by atoms with Crippen LogP contribution in [0.5, 0.6) is 5.75 Å². The summed E-state index contributed by atoms with van der Waals surface area (Å²) >= 11 is 0. The third-order valence-electron chi connectivity index (χ3n) is 2.57. The smallest absolute Gasteiger partial charge is 0.406 e. The zero-order valence-electron chi connectivity index (χ0n) is 12.1. The number of hydrogen-bond acceptors (Lipinski definition) is 5. The molecule has 116 valence electrons. The first kappa shape index (κ1) is 16.7. The van der Waals surface area contributed by atoms with Crippen LogP contribution in [0.1, 0.15) is 0 Å². The van der Waals surface area contributed by atoms with Gasteiger partial charge in [0.05, 0.1) is 25.7 Å². The topological polar surface area (TPSA) is 98.5 Å². The normalized spacial score (nSPS) is 14.5. The molecule has 1 saturated heterocycles. The zero-order chi connectivity index (χ0) is 15.7. The van der Waals surface area contributed by atoms with Crippen molar-refractivity contribution >= 4 is 18.1 Å². The van der Waals surface area contributed by atoms with E-state index in [2.05, 4.69) is 14.9 Å². The van der Waals surface area contributed by atoms with E-state index in [-0.39, 0.29) is 5.75 Å². The molecule has 0 unspecified atom stereocenters. The highest BCUT2D eigenvalue weighted by Gasteiger charge is 2.06.